The molecule has 0 saturated heterocycles. The first kappa shape index (κ1) is 15.7. The zero-order valence-corrected chi connectivity index (χ0v) is 11.1. The summed E-state index contributed by atoms with van der Waals surface area (Å²) in [5.74, 6) is 0. The molecule has 16 heavy (non-hydrogen) atoms. The van der Waals surface area contributed by atoms with E-state index in [0.29, 0.717) is 0 Å². The molecule has 0 amide bonds. The van der Waals surface area contributed by atoms with Gasteiger partial charge in [-0.05, 0) is 19.3 Å². The molecule has 0 rings (SSSR count). The molecule has 1 heteroatoms. The second kappa shape index (κ2) is 14.7. The molecule has 0 saturated carbocycles. The Kier molecular flexibility index (Phi) is 14.4. The lowest BCUT2D eigenvalue weighted by molar-refractivity contribution is 0.302. The van der Waals surface area contributed by atoms with Gasteiger partial charge in [0.05, 0.1) is 0 Å². The SMILES string of the molecule is CCCCCCCCCCC/C=C\CCO. The first-order valence-corrected chi connectivity index (χ1v) is 7.17. The van der Waals surface area contributed by atoms with E-state index in [1.165, 1.54) is 64.2 Å². The Morgan fingerprint density at radius 1 is 0.688 bits per heavy atom. The lowest BCUT2D eigenvalue weighted by Gasteiger charge is -2.00. The summed E-state index contributed by atoms with van der Waals surface area (Å²) in [6, 6.07) is 0. The predicted molar refractivity (Wildman–Crippen MR) is 72.7 cm³/mol. The summed E-state index contributed by atoms with van der Waals surface area (Å²) in [6.45, 7) is 2.55. The van der Waals surface area contributed by atoms with Crippen LogP contribution in [0.1, 0.15) is 77.6 Å². The van der Waals surface area contributed by atoms with E-state index in [4.69, 9.17) is 5.11 Å². The fourth-order valence-corrected chi connectivity index (χ4v) is 1.88. The largest absolute Gasteiger partial charge is 0.396 e. The van der Waals surface area contributed by atoms with Crippen LogP contribution in [0, 0.1) is 0 Å². The molecule has 1 N–H and O–H groups in total. The molecule has 0 aromatic heterocycles. The highest BCUT2D eigenvalue weighted by atomic mass is 16.2. The Balaban J connectivity index is 2.93. The van der Waals surface area contributed by atoms with Gasteiger partial charge in [0.15, 0.2) is 0 Å². The minimum absolute atomic E-state index is 0.286. The van der Waals surface area contributed by atoms with Crippen molar-refractivity contribution in [2.75, 3.05) is 6.61 Å². The van der Waals surface area contributed by atoms with E-state index in [0.717, 1.165) is 6.42 Å². The van der Waals surface area contributed by atoms with Crippen LogP contribution >= 0.6 is 0 Å². The average molecular weight is 226 g/mol. The number of allylic oxidation sites excluding steroid dienone is 1. The van der Waals surface area contributed by atoms with Gasteiger partial charge >= 0.3 is 0 Å². The Morgan fingerprint density at radius 2 is 1.19 bits per heavy atom. The highest BCUT2D eigenvalue weighted by Crippen LogP contribution is 2.10. The van der Waals surface area contributed by atoms with Crippen LogP contribution in [0.25, 0.3) is 0 Å². The Bertz CT molecular complexity index is 140. The molecule has 0 bridgehead atoms. The summed E-state index contributed by atoms with van der Waals surface area (Å²) in [4.78, 5) is 0. The molecule has 1 nitrogen and oxygen atoms in total. The van der Waals surface area contributed by atoms with Crippen molar-refractivity contribution in [2.45, 2.75) is 77.6 Å². The third-order valence-corrected chi connectivity index (χ3v) is 2.94. The molecule has 0 aromatic carbocycles. The summed E-state index contributed by atoms with van der Waals surface area (Å²) in [5, 5.41) is 8.58. The van der Waals surface area contributed by atoms with Gasteiger partial charge in [-0.2, -0.15) is 0 Å². The summed E-state index contributed by atoms with van der Waals surface area (Å²) in [7, 11) is 0. The Morgan fingerprint density at radius 3 is 1.75 bits per heavy atom. The van der Waals surface area contributed by atoms with Crippen molar-refractivity contribution in [1.29, 1.82) is 0 Å². The minimum Gasteiger partial charge on any atom is -0.396 e. The standard InChI is InChI=1S/C15H30O/c1-2-3-4-5-6-7-8-9-10-11-12-13-14-15-16/h12-13,16H,2-11,14-15H2,1H3/b13-12-. The third kappa shape index (κ3) is 13.7. The molecule has 0 aromatic rings. The lowest BCUT2D eigenvalue weighted by Crippen LogP contribution is -1.81. The van der Waals surface area contributed by atoms with E-state index < -0.39 is 0 Å². The fourth-order valence-electron chi connectivity index (χ4n) is 1.88. The number of aliphatic hydroxyl groups is 1. The number of hydrogen-bond acceptors (Lipinski definition) is 1. The van der Waals surface area contributed by atoms with E-state index in [1.807, 2.05) is 0 Å². The number of rotatable bonds is 12. The van der Waals surface area contributed by atoms with E-state index in [1.54, 1.807) is 0 Å². The first-order chi connectivity index (χ1) is 7.91. The van der Waals surface area contributed by atoms with E-state index in [-0.39, 0.29) is 6.61 Å². The highest BCUT2D eigenvalue weighted by molar-refractivity contribution is 4.80. The normalized spacial score (nSPS) is 11.4. The third-order valence-electron chi connectivity index (χ3n) is 2.94. The zero-order chi connectivity index (χ0) is 11.9. The van der Waals surface area contributed by atoms with Crippen molar-refractivity contribution in [1.82, 2.24) is 0 Å². The molecule has 0 aliphatic carbocycles. The molecule has 0 aliphatic rings. The highest BCUT2D eigenvalue weighted by Gasteiger charge is 1.90. The van der Waals surface area contributed by atoms with Gasteiger partial charge in [0, 0.05) is 6.61 Å². The van der Waals surface area contributed by atoms with Crippen LogP contribution in [0.15, 0.2) is 12.2 Å². The van der Waals surface area contributed by atoms with Crippen LogP contribution < -0.4 is 0 Å². The quantitative estimate of drug-likeness (QED) is 0.373. The van der Waals surface area contributed by atoms with E-state index in [9.17, 15) is 0 Å². The molecule has 0 radical (unpaired) electrons. The summed E-state index contributed by atoms with van der Waals surface area (Å²) in [5.41, 5.74) is 0. The summed E-state index contributed by atoms with van der Waals surface area (Å²) < 4.78 is 0. The van der Waals surface area contributed by atoms with Crippen molar-refractivity contribution in [3.05, 3.63) is 12.2 Å². The number of aliphatic hydroxyl groups excluding tert-OH is 1. The number of hydrogen-bond donors (Lipinski definition) is 1. The molecular formula is C15H30O. The molecule has 96 valence electrons. The van der Waals surface area contributed by atoms with Gasteiger partial charge in [0.1, 0.15) is 0 Å². The van der Waals surface area contributed by atoms with Gasteiger partial charge in [0.2, 0.25) is 0 Å². The van der Waals surface area contributed by atoms with Gasteiger partial charge in [-0.15, -0.1) is 0 Å². The molecular weight excluding hydrogens is 196 g/mol. The number of unbranched alkanes of at least 4 members (excludes halogenated alkanes) is 9. The van der Waals surface area contributed by atoms with Gasteiger partial charge < -0.3 is 5.11 Å². The van der Waals surface area contributed by atoms with E-state index >= 15 is 0 Å². The zero-order valence-electron chi connectivity index (χ0n) is 11.1. The van der Waals surface area contributed by atoms with Gasteiger partial charge in [-0.25, -0.2) is 0 Å². The lowest BCUT2D eigenvalue weighted by atomic mass is 10.1. The molecule has 0 atom stereocenters. The molecule has 0 fully saturated rings. The smallest absolute Gasteiger partial charge is 0.0465 e. The van der Waals surface area contributed by atoms with Crippen molar-refractivity contribution < 1.29 is 5.11 Å². The van der Waals surface area contributed by atoms with Crippen LogP contribution in [-0.2, 0) is 0 Å². The van der Waals surface area contributed by atoms with Crippen LogP contribution in [-0.4, -0.2) is 11.7 Å². The molecule has 0 heterocycles. The maximum absolute atomic E-state index is 8.58. The Hall–Kier alpha value is -0.300. The Labute approximate surface area is 102 Å². The van der Waals surface area contributed by atoms with Crippen molar-refractivity contribution in [3.63, 3.8) is 0 Å². The molecule has 0 unspecified atom stereocenters. The monoisotopic (exact) mass is 226 g/mol. The first-order valence-electron chi connectivity index (χ1n) is 7.17. The van der Waals surface area contributed by atoms with Crippen LogP contribution in [0.5, 0.6) is 0 Å². The minimum atomic E-state index is 0.286. The summed E-state index contributed by atoms with van der Waals surface area (Å²) in [6.07, 6.45) is 18.9. The average Bonchev–Trinajstić information content (AvgIpc) is 2.31. The molecule has 0 spiro atoms. The van der Waals surface area contributed by atoms with Crippen molar-refractivity contribution in [2.24, 2.45) is 0 Å². The van der Waals surface area contributed by atoms with Gasteiger partial charge in [-0.1, -0.05) is 70.4 Å². The van der Waals surface area contributed by atoms with Gasteiger partial charge in [-0.3, -0.25) is 0 Å². The van der Waals surface area contributed by atoms with Crippen LogP contribution in [0.3, 0.4) is 0 Å². The second-order valence-electron chi connectivity index (χ2n) is 4.60. The van der Waals surface area contributed by atoms with E-state index in [2.05, 4.69) is 19.1 Å². The fraction of sp³-hybridized carbons (Fsp3) is 0.867. The molecule has 0 aliphatic heterocycles. The van der Waals surface area contributed by atoms with Crippen LogP contribution in [0.4, 0.5) is 0 Å². The van der Waals surface area contributed by atoms with Crippen LogP contribution in [0.2, 0.25) is 0 Å². The van der Waals surface area contributed by atoms with Gasteiger partial charge in [0.25, 0.3) is 0 Å². The predicted octanol–water partition coefficient (Wildman–Crippen LogP) is 4.85. The maximum Gasteiger partial charge on any atom is 0.0465 e. The topological polar surface area (TPSA) is 20.2 Å². The summed E-state index contributed by atoms with van der Waals surface area (Å²) >= 11 is 0. The second-order valence-corrected chi connectivity index (χ2v) is 4.60. The van der Waals surface area contributed by atoms with Crippen molar-refractivity contribution in [3.8, 4) is 0 Å². The maximum atomic E-state index is 8.58. The van der Waals surface area contributed by atoms with Crippen molar-refractivity contribution >= 4 is 0 Å².